The number of imide groups is 1. The van der Waals surface area contributed by atoms with Crippen LogP contribution in [0.3, 0.4) is 0 Å². The van der Waals surface area contributed by atoms with Crippen molar-refractivity contribution in [1.82, 2.24) is 15.2 Å². The number of aryl methyl sites for hydroxylation is 1. The molecule has 164 valence electrons. The minimum Gasteiger partial charge on any atom is -0.352 e. The number of thiazole rings is 1. The first-order chi connectivity index (χ1) is 16.1. The first-order valence-corrected chi connectivity index (χ1v) is 11.6. The third-order valence-electron chi connectivity index (χ3n) is 5.60. The zero-order chi connectivity index (χ0) is 22.8. The Hall–Kier alpha value is -3.84. The molecule has 7 heteroatoms. The number of nitrogens with one attached hydrogen (secondary N) is 1. The lowest BCUT2D eigenvalue weighted by Crippen LogP contribution is -2.29. The van der Waals surface area contributed by atoms with E-state index in [2.05, 4.69) is 16.4 Å². The molecule has 5 rings (SSSR count). The fourth-order valence-corrected chi connectivity index (χ4v) is 4.96. The molecule has 0 atom stereocenters. The van der Waals surface area contributed by atoms with Crippen LogP contribution in [0.1, 0.15) is 48.1 Å². The Morgan fingerprint density at radius 2 is 1.64 bits per heavy atom. The van der Waals surface area contributed by atoms with Gasteiger partial charge in [0.05, 0.1) is 32.9 Å². The van der Waals surface area contributed by atoms with E-state index in [1.165, 1.54) is 9.60 Å². The fourth-order valence-electron chi connectivity index (χ4n) is 3.95. The van der Waals surface area contributed by atoms with E-state index in [1.54, 1.807) is 53.8 Å². The Labute approximate surface area is 194 Å². The van der Waals surface area contributed by atoms with Crippen LogP contribution in [0.25, 0.3) is 10.2 Å². The highest BCUT2D eigenvalue weighted by molar-refractivity contribution is 7.18. The smallest absolute Gasteiger partial charge is 0.261 e. The molecular weight excluding hydrogens is 434 g/mol. The van der Waals surface area contributed by atoms with Crippen LogP contribution in [0, 0.1) is 0 Å². The van der Waals surface area contributed by atoms with Crippen LogP contribution >= 0.6 is 11.3 Å². The molecule has 6 nitrogen and oxygen atoms in total. The summed E-state index contributed by atoms with van der Waals surface area (Å²) in [6.07, 6.45) is 1.60. The minimum atomic E-state index is -0.305. The minimum absolute atomic E-state index is 0.130. The molecule has 1 aliphatic rings. The quantitative estimate of drug-likeness (QED) is 0.330. The molecule has 2 heterocycles. The number of amides is 3. The van der Waals surface area contributed by atoms with E-state index in [0.29, 0.717) is 23.2 Å². The van der Waals surface area contributed by atoms with Gasteiger partial charge in [-0.15, -0.1) is 11.3 Å². The van der Waals surface area contributed by atoms with Gasteiger partial charge >= 0.3 is 0 Å². The lowest BCUT2D eigenvalue weighted by molar-refractivity contribution is 0.0642. The fraction of sp³-hybridized carbons (Fsp3) is 0.154. The van der Waals surface area contributed by atoms with Crippen molar-refractivity contribution in [2.75, 3.05) is 6.54 Å². The second kappa shape index (κ2) is 8.96. The molecule has 4 aromatic rings. The van der Waals surface area contributed by atoms with Crippen LogP contribution in [0.5, 0.6) is 0 Å². The van der Waals surface area contributed by atoms with Gasteiger partial charge in [0.15, 0.2) is 0 Å². The van der Waals surface area contributed by atoms with Crippen LogP contribution in [0.2, 0.25) is 0 Å². The van der Waals surface area contributed by atoms with E-state index in [-0.39, 0.29) is 24.3 Å². The van der Waals surface area contributed by atoms with E-state index in [1.807, 2.05) is 24.3 Å². The predicted molar refractivity (Wildman–Crippen MR) is 127 cm³/mol. The highest BCUT2D eigenvalue weighted by Gasteiger charge is 2.34. The van der Waals surface area contributed by atoms with Crippen molar-refractivity contribution in [3.05, 3.63) is 100 Å². The second-order valence-electron chi connectivity index (χ2n) is 7.88. The number of nitrogens with zero attached hydrogens (tertiary/aromatic N) is 2. The number of fused-ring (bicyclic) bond motifs is 2. The van der Waals surface area contributed by atoms with Gasteiger partial charge in [-0.25, -0.2) is 4.98 Å². The molecule has 1 aliphatic heterocycles. The lowest BCUT2D eigenvalue weighted by Gasteiger charge is -2.14. The summed E-state index contributed by atoms with van der Waals surface area (Å²) >= 11 is 1.68. The maximum absolute atomic E-state index is 12.6. The summed E-state index contributed by atoms with van der Waals surface area (Å²) in [5.74, 6) is -0.788. The summed E-state index contributed by atoms with van der Waals surface area (Å²) in [6, 6.07) is 21.9. The van der Waals surface area contributed by atoms with Crippen LogP contribution < -0.4 is 5.32 Å². The summed E-state index contributed by atoms with van der Waals surface area (Å²) in [7, 11) is 0. The molecule has 0 fully saturated rings. The zero-order valence-corrected chi connectivity index (χ0v) is 18.6. The molecule has 0 saturated heterocycles. The molecule has 3 aromatic carbocycles. The molecule has 1 N–H and O–H groups in total. The van der Waals surface area contributed by atoms with Gasteiger partial charge < -0.3 is 5.32 Å². The molecule has 0 spiro atoms. The van der Waals surface area contributed by atoms with Crippen molar-refractivity contribution < 1.29 is 14.4 Å². The van der Waals surface area contributed by atoms with Crippen LogP contribution in [0.15, 0.2) is 72.8 Å². The maximum atomic E-state index is 12.6. The second-order valence-corrected chi connectivity index (χ2v) is 8.99. The number of benzene rings is 3. The van der Waals surface area contributed by atoms with E-state index in [0.717, 1.165) is 28.9 Å². The summed E-state index contributed by atoms with van der Waals surface area (Å²) in [4.78, 5) is 43.7. The van der Waals surface area contributed by atoms with Crippen molar-refractivity contribution in [3.63, 3.8) is 0 Å². The molecule has 0 unspecified atom stereocenters. The van der Waals surface area contributed by atoms with Crippen molar-refractivity contribution >= 4 is 39.3 Å². The normalized spacial score (nSPS) is 12.9. The molecule has 3 amide bonds. The summed E-state index contributed by atoms with van der Waals surface area (Å²) < 4.78 is 1.17. The van der Waals surface area contributed by atoms with Gasteiger partial charge in [0.25, 0.3) is 17.7 Å². The number of hydrogen-bond donors (Lipinski definition) is 1. The van der Waals surface area contributed by atoms with Crippen molar-refractivity contribution in [1.29, 1.82) is 0 Å². The van der Waals surface area contributed by atoms with Crippen LogP contribution in [-0.2, 0) is 13.0 Å². The van der Waals surface area contributed by atoms with Gasteiger partial charge in [0.2, 0.25) is 0 Å². The van der Waals surface area contributed by atoms with E-state index in [9.17, 15) is 14.4 Å². The molecular formula is C26H21N3O3S. The van der Waals surface area contributed by atoms with E-state index in [4.69, 9.17) is 0 Å². The van der Waals surface area contributed by atoms with Gasteiger partial charge in [-0.2, -0.15) is 0 Å². The molecule has 33 heavy (non-hydrogen) atoms. The van der Waals surface area contributed by atoms with Crippen molar-refractivity contribution in [2.45, 2.75) is 19.4 Å². The van der Waals surface area contributed by atoms with E-state index >= 15 is 0 Å². The standard InChI is InChI=1S/C26H21N3O3S/c30-24(27-14-6-13-23-28-21-11-3-4-12-22(21)33-23)18-8-5-7-17(15-18)16-29-25(31)19-9-1-2-10-20(19)26(29)32/h1-5,7-12,15H,6,13-14,16H2,(H,27,30). The first kappa shape index (κ1) is 21.0. The Morgan fingerprint density at radius 3 is 2.39 bits per heavy atom. The molecule has 0 saturated carbocycles. The van der Waals surface area contributed by atoms with Gasteiger partial charge in [-0.3, -0.25) is 19.3 Å². The van der Waals surface area contributed by atoms with Crippen molar-refractivity contribution in [3.8, 4) is 0 Å². The average molecular weight is 456 g/mol. The zero-order valence-electron chi connectivity index (χ0n) is 17.8. The van der Waals surface area contributed by atoms with Crippen molar-refractivity contribution in [2.24, 2.45) is 0 Å². The Morgan fingerprint density at radius 1 is 0.909 bits per heavy atom. The van der Waals surface area contributed by atoms with Gasteiger partial charge in [0, 0.05) is 18.5 Å². The number of aromatic nitrogens is 1. The maximum Gasteiger partial charge on any atom is 0.261 e. The number of rotatable bonds is 7. The topological polar surface area (TPSA) is 79.4 Å². The average Bonchev–Trinajstić information content (AvgIpc) is 3.36. The largest absolute Gasteiger partial charge is 0.352 e. The molecule has 0 radical (unpaired) electrons. The Bertz CT molecular complexity index is 1310. The highest BCUT2D eigenvalue weighted by atomic mass is 32.1. The molecule has 0 bridgehead atoms. The lowest BCUT2D eigenvalue weighted by atomic mass is 10.1. The van der Waals surface area contributed by atoms with Gasteiger partial charge in [-0.05, 0) is 48.4 Å². The Kier molecular flexibility index (Phi) is 5.71. The SMILES string of the molecule is O=C(NCCCc1nc2ccccc2s1)c1cccc(CN2C(=O)c3ccccc3C2=O)c1. The van der Waals surface area contributed by atoms with Crippen LogP contribution in [0.4, 0.5) is 0 Å². The predicted octanol–water partition coefficient (Wildman–Crippen LogP) is 4.46. The Balaban J connectivity index is 1.17. The van der Waals surface area contributed by atoms with Gasteiger partial charge in [-0.1, -0.05) is 36.4 Å². The molecule has 0 aliphatic carbocycles. The number of carbonyl (C=O) groups is 3. The monoisotopic (exact) mass is 455 g/mol. The first-order valence-electron chi connectivity index (χ1n) is 10.8. The van der Waals surface area contributed by atoms with Gasteiger partial charge in [0.1, 0.15) is 0 Å². The van der Waals surface area contributed by atoms with Crippen LogP contribution in [-0.4, -0.2) is 34.2 Å². The molecule has 1 aromatic heterocycles. The third-order valence-corrected chi connectivity index (χ3v) is 6.70. The third kappa shape index (κ3) is 4.27. The van der Waals surface area contributed by atoms with E-state index < -0.39 is 0 Å². The number of carbonyl (C=O) groups excluding carboxylic acids is 3. The summed E-state index contributed by atoms with van der Waals surface area (Å²) in [5.41, 5.74) is 3.08. The summed E-state index contributed by atoms with van der Waals surface area (Å²) in [6.45, 7) is 0.669. The summed E-state index contributed by atoms with van der Waals surface area (Å²) in [5, 5.41) is 4.01. The number of para-hydroxylation sites is 1. The number of hydrogen-bond acceptors (Lipinski definition) is 5. The highest BCUT2D eigenvalue weighted by Crippen LogP contribution is 2.25.